The largest absolute Gasteiger partial charge is 0.493 e. The molecule has 0 bridgehead atoms. The Kier molecular flexibility index (Phi) is 8.39. The fourth-order valence-electron chi connectivity index (χ4n) is 2.50. The van der Waals surface area contributed by atoms with E-state index in [-0.39, 0.29) is 0 Å². The zero-order chi connectivity index (χ0) is 19.6. The first kappa shape index (κ1) is 21.0. The molecule has 0 saturated carbocycles. The highest BCUT2D eigenvalue weighted by atomic mass is 32.1. The maximum Gasteiger partial charge on any atom is 0.191 e. The standard InChI is InChI=1S/C20H30N4O2S/c1-6-21-20(22-10-9-16-13-27-19(24-16)14(2)3)23-12-15-7-8-17(25-4)18(11-15)26-5/h7-8,11,13-14H,6,9-10,12H2,1-5H3,(H2,21,22,23). The smallest absolute Gasteiger partial charge is 0.191 e. The van der Waals surface area contributed by atoms with Crippen LogP contribution >= 0.6 is 11.3 Å². The second-order valence-corrected chi connectivity index (χ2v) is 7.28. The first-order valence-electron chi connectivity index (χ1n) is 9.24. The number of nitrogens with one attached hydrogen (secondary N) is 2. The predicted molar refractivity (Wildman–Crippen MR) is 112 cm³/mol. The van der Waals surface area contributed by atoms with Gasteiger partial charge >= 0.3 is 0 Å². The number of rotatable bonds is 9. The minimum Gasteiger partial charge on any atom is -0.493 e. The van der Waals surface area contributed by atoms with Crippen LogP contribution in [0, 0.1) is 0 Å². The molecule has 0 unspecified atom stereocenters. The van der Waals surface area contributed by atoms with Gasteiger partial charge in [0, 0.05) is 30.8 Å². The number of hydrogen-bond acceptors (Lipinski definition) is 5. The van der Waals surface area contributed by atoms with Crippen molar-refractivity contribution < 1.29 is 9.47 Å². The SMILES string of the molecule is CCNC(=NCc1ccc(OC)c(OC)c1)NCCc1csc(C(C)C)n1. The highest BCUT2D eigenvalue weighted by molar-refractivity contribution is 7.09. The molecule has 0 radical (unpaired) electrons. The molecular formula is C20H30N4O2S. The number of ether oxygens (including phenoxy) is 2. The van der Waals surface area contributed by atoms with Crippen molar-refractivity contribution in [3.63, 3.8) is 0 Å². The topological polar surface area (TPSA) is 67.8 Å². The van der Waals surface area contributed by atoms with E-state index >= 15 is 0 Å². The minimum absolute atomic E-state index is 0.483. The number of aromatic nitrogens is 1. The zero-order valence-corrected chi connectivity index (χ0v) is 17.7. The van der Waals surface area contributed by atoms with Gasteiger partial charge < -0.3 is 20.1 Å². The molecule has 0 aliphatic carbocycles. The predicted octanol–water partition coefficient (Wildman–Crippen LogP) is 3.58. The molecule has 7 heteroatoms. The molecule has 0 spiro atoms. The number of guanidine groups is 1. The molecule has 2 N–H and O–H groups in total. The molecule has 1 aromatic heterocycles. The summed E-state index contributed by atoms with van der Waals surface area (Å²) in [6, 6.07) is 5.85. The summed E-state index contributed by atoms with van der Waals surface area (Å²) < 4.78 is 10.6. The molecule has 1 aromatic carbocycles. The van der Waals surface area contributed by atoms with E-state index in [2.05, 4.69) is 46.8 Å². The lowest BCUT2D eigenvalue weighted by Crippen LogP contribution is -2.38. The highest BCUT2D eigenvalue weighted by Crippen LogP contribution is 2.27. The molecule has 0 aliphatic heterocycles. The maximum atomic E-state index is 5.35. The number of methoxy groups -OCH3 is 2. The van der Waals surface area contributed by atoms with Gasteiger partial charge in [-0.05, 0) is 24.6 Å². The van der Waals surface area contributed by atoms with Crippen molar-refractivity contribution in [1.29, 1.82) is 0 Å². The summed E-state index contributed by atoms with van der Waals surface area (Å²) in [7, 11) is 3.27. The van der Waals surface area contributed by atoms with E-state index in [4.69, 9.17) is 9.47 Å². The van der Waals surface area contributed by atoms with Crippen molar-refractivity contribution in [2.24, 2.45) is 4.99 Å². The minimum atomic E-state index is 0.483. The van der Waals surface area contributed by atoms with E-state index < -0.39 is 0 Å². The quantitative estimate of drug-likeness (QED) is 0.506. The monoisotopic (exact) mass is 390 g/mol. The summed E-state index contributed by atoms with van der Waals surface area (Å²) >= 11 is 1.73. The van der Waals surface area contributed by atoms with Crippen LogP contribution < -0.4 is 20.1 Å². The van der Waals surface area contributed by atoms with Crippen molar-refractivity contribution in [3.05, 3.63) is 39.8 Å². The van der Waals surface area contributed by atoms with E-state index in [1.54, 1.807) is 25.6 Å². The van der Waals surface area contributed by atoms with Crippen LogP contribution in [0.15, 0.2) is 28.6 Å². The van der Waals surface area contributed by atoms with Crippen LogP contribution in [-0.2, 0) is 13.0 Å². The summed E-state index contributed by atoms with van der Waals surface area (Å²) in [6.07, 6.45) is 0.879. The van der Waals surface area contributed by atoms with Crippen molar-refractivity contribution in [2.45, 2.75) is 39.7 Å². The van der Waals surface area contributed by atoms with Gasteiger partial charge in [-0.15, -0.1) is 11.3 Å². The van der Waals surface area contributed by atoms with Gasteiger partial charge in [0.25, 0.3) is 0 Å². The van der Waals surface area contributed by atoms with Gasteiger partial charge in [0.1, 0.15) is 0 Å². The van der Waals surface area contributed by atoms with Crippen LogP contribution in [0.4, 0.5) is 0 Å². The Morgan fingerprint density at radius 1 is 1.19 bits per heavy atom. The van der Waals surface area contributed by atoms with Crippen LogP contribution in [0.2, 0.25) is 0 Å². The average Bonchev–Trinajstić information content (AvgIpc) is 3.15. The Morgan fingerprint density at radius 2 is 1.96 bits per heavy atom. The van der Waals surface area contributed by atoms with Crippen LogP contribution in [-0.4, -0.2) is 38.3 Å². The lowest BCUT2D eigenvalue weighted by Gasteiger charge is -2.12. The number of aliphatic imine (C=N–C) groups is 1. The van der Waals surface area contributed by atoms with E-state index in [9.17, 15) is 0 Å². The molecule has 27 heavy (non-hydrogen) atoms. The van der Waals surface area contributed by atoms with Gasteiger partial charge in [0.15, 0.2) is 17.5 Å². The summed E-state index contributed by atoms with van der Waals surface area (Å²) in [5.74, 6) is 2.72. The number of nitrogens with zero attached hydrogens (tertiary/aromatic N) is 2. The molecule has 2 rings (SSSR count). The van der Waals surface area contributed by atoms with Gasteiger partial charge in [0.2, 0.25) is 0 Å². The first-order valence-corrected chi connectivity index (χ1v) is 10.1. The third-order valence-electron chi connectivity index (χ3n) is 3.95. The maximum absolute atomic E-state index is 5.35. The molecule has 0 saturated heterocycles. The molecule has 148 valence electrons. The van der Waals surface area contributed by atoms with E-state index in [1.165, 1.54) is 5.01 Å². The lowest BCUT2D eigenvalue weighted by molar-refractivity contribution is 0.354. The third kappa shape index (κ3) is 6.43. The second kappa shape index (κ2) is 10.8. The molecule has 0 atom stereocenters. The summed E-state index contributed by atoms with van der Waals surface area (Å²) in [4.78, 5) is 9.33. The van der Waals surface area contributed by atoms with Crippen LogP contribution in [0.25, 0.3) is 0 Å². The molecule has 0 amide bonds. The molecule has 1 heterocycles. The Morgan fingerprint density at radius 3 is 2.59 bits per heavy atom. The number of thiazole rings is 1. The van der Waals surface area contributed by atoms with E-state index in [0.717, 1.165) is 42.5 Å². The Bertz CT molecular complexity index is 743. The van der Waals surface area contributed by atoms with Gasteiger partial charge in [-0.1, -0.05) is 19.9 Å². The van der Waals surface area contributed by atoms with Crippen LogP contribution in [0.1, 0.15) is 43.0 Å². The fourth-order valence-corrected chi connectivity index (χ4v) is 3.37. The van der Waals surface area contributed by atoms with E-state index in [0.29, 0.717) is 18.2 Å². The zero-order valence-electron chi connectivity index (χ0n) is 16.8. The third-order valence-corrected chi connectivity index (χ3v) is 5.14. The second-order valence-electron chi connectivity index (χ2n) is 6.39. The first-order chi connectivity index (χ1) is 13.1. The van der Waals surface area contributed by atoms with Crippen LogP contribution in [0.5, 0.6) is 11.5 Å². The molecular weight excluding hydrogens is 360 g/mol. The lowest BCUT2D eigenvalue weighted by atomic mass is 10.2. The van der Waals surface area contributed by atoms with Crippen molar-refractivity contribution in [1.82, 2.24) is 15.6 Å². The number of benzene rings is 1. The molecule has 0 aliphatic rings. The molecule has 0 fully saturated rings. The van der Waals surface area contributed by atoms with Gasteiger partial charge in [-0.3, -0.25) is 0 Å². The van der Waals surface area contributed by atoms with Gasteiger partial charge in [-0.2, -0.15) is 0 Å². The number of hydrogen-bond donors (Lipinski definition) is 2. The van der Waals surface area contributed by atoms with Gasteiger partial charge in [-0.25, -0.2) is 9.98 Å². The van der Waals surface area contributed by atoms with Crippen molar-refractivity contribution in [3.8, 4) is 11.5 Å². The Balaban J connectivity index is 1.93. The van der Waals surface area contributed by atoms with Gasteiger partial charge in [0.05, 0.1) is 31.5 Å². The fraction of sp³-hybridized carbons (Fsp3) is 0.500. The highest BCUT2D eigenvalue weighted by Gasteiger charge is 2.07. The van der Waals surface area contributed by atoms with Crippen molar-refractivity contribution >= 4 is 17.3 Å². The van der Waals surface area contributed by atoms with E-state index in [1.807, 2.05) is 18.2 Å². The average molecular weight is 391 g/mol. The van der Waals surface area contributed by atoms with Crippen molar-refractivity contribution in [2.75, 3.05) is 27.3 Å². The van der Waals surface area contributed by atoms with Crippen LogP contribution in [0.3, 0.4) is 0 Å². The Hall–Kier alpha value is -2.28. The normalized spacial score (nSPS) is 11.6. The molecule has 2 aromatic rings. The molecule has 6 nitrogen and oxygen atoms in total. The summed E-state index contributed by atoms with van der Waals surface area (Å²) in [5.41, 5.74) is 2.19. The summed E-state index contributed by atoms with van der Waals surface area (Å²) in [5, 5.41) is 9.99. The summed E-state index contributed by atoms with van der Waals surface area (Å²) in [6.45, 7) is 8.56. The Labute approximate surface area is 166 Å².